The van der Waals surface area contributed by atoms with Crippen molar-refractivity contribution in [2.75, 3.05) is 13.2 Å². The molecule has 3 aromatic carbocycles. The number of ether oxygens (including phenoxy) is 1. The number of aliphatic imine (C=N–C) groups is 1. The SMILES string of the molecule is Cc1c(/N=C2\OC[C@@H]3C(O[Si](c4ccccc4)(c4ccccc4)C(C)(C)C)=CCN23)ccc(C#N)c1Cl. The lowest BCUT2D eigenvalue weighted by Crippen LogP contribution is -2.66. The molecule has 0 radical (unpaired) electrons. The average molecular weight is 528 g/mol. The van der Waals surface area contributed by atoms with Crippen LogP contribution in [-0.4, -0.2) is 38.4 Å². The third-order valence-electron chi connectivity index (χ3n) is 7.19. The number of nitriles is 1. The van der Waals surface area contributed by atoms with Gasteiger partial charge in [0.25, 0.3) is 6.02 Å². The summed E-state index contributed by atoms with van der Waals surface area (Å²) >= 11 is 6.38. The first-order chi connectivity index (χ1) is 17.8. The average Bonchev–Trinajstić information content (AvgIpc) is 3.48. The third-order valence-corrected chi connectivity index (χ3v) is 12.6. The van der Waals surface area contributed by atoms with E-state index in [0.717, 1.165) is 11.3 Å². The van der Waals surface area contributed by atoms with Crippen molar-refractivity contribution in [3.8, 4) is 6.07 Å². The van der Waals surface area contributed by atoms with Crippen molar-refractivity contribution in [3.63, 3.8) is 0 Å². The van der Waals surface area contributed by atoms with Crippen molar-refractivity contribution in [3.05, 3.63) is 101 Å². The van der Waals surface area contributed by atoms with Crippen LogP contribution in [0.5, 0.6) is 0 Å². The van der Waals surface area contributed by atoms with Gasteiger partial charge in [0.05, 0.1) is 16.3 Å². The molecule has 2 heterocycles. The number of hydrogen-bond acceptors (Lipinski definition) is 4. The molecule has 2 aliphatic heterocycles. The molecule has 5 nitrogen and oxygen atoms in total. The van der Waals surface area contributed by atoms with Crippen molar-refractivity contribution < 1.29 is 9.16 Å². The Morgan fingerprint density at radius 2 is 1.65 bits per heavy atom. The first kappa shape index (κ1) is 25.1. The molecule has 0 saturated carbocycles. The van der Waals surface area contributed by atoms with Crippen molar-refractivity contribution in [2.45, 2.75) is 38.8 Å². The Kier molecular flexibility index (Phi) is 6.61. The molecule has 0 unspecified atom stereocenters. The highest BCUT2D eigenvalue weighted by Gasteiger charge is 2.54. The summed E-state index contributed by atoms with van der Waals surface area (Å²) in [5, 5.41) is 12.0. The third kappa shape index (κ3) is 4.33. The van der Waals surface area contributed by atoms with Crippen molar-refractivity contribution >= 4 is 42.0 Å². The molecule has 0 bridgehead atoms. The van der Waals surface area contributed by atoms with E-state index in [0.29, 0.717) is 35.4 Å². The van der Waals surface area contributed by atoms with Gasteiger partial charge in [-0.1, -0.05) is 93.0 Å². The second-order valence-corrected chi connectivity index (χ2v) is 15.0. The van der Waals surface area contributed by atoms with Gasteiger partial charge in [-0.05, 0) is 46.1 Å². The van der Waals surface area contributed by atoms with Crippen LogP contribution in [0.3, 0.4) is 0 Å². The standard InChI is InChI=1S/C30H30ClN3O2Si/c1-21-25(16-15-22(19-32)28(21)31)33-29-34-18-17-27(26(34)20-35-29)36-37(30(2,3)4,23-11-7-5-8-12-23)24-13-9-6-10-14-24/h5-17,26H,18,20H2,1-4H3/b33-29-/t26-/m1/s1. The van der Waals surface area contributed by atoms with Crippen LogP contribution in [0.4, 0.5) is 5.69 Å². The highest BCUT2D eigenvalue weighted by atomic mass is 35.5. The Morgan fingerprint density at radius 1 is 1.03 bits per heavy atom. The van der Waals surface area contributed by atoms with Gasteiger partial charge in [-0.2, -0.15) is 10.3 Å². The molecule has 2 aliphatic rings. The van der Waals surface area contributed by atoms with Crippen LogP contribution in [-0.2, 0) is 9.16 Å². The molecule has 1 atom stereocenters. The second-order valence-electron chi connectivity index (χ2n) is 10.4. The summed E-state index contributed by atoms with van der Waals surface area (Å²) in [6.45, 7) is 9.83. The monoisotopic (exact) mass is 527 g/mol. The predicted octanol–water partition coefficient (Wildman–Crippen LogP) is 5.68. The fraction of sp³-hybridized carbons (Fsp3) is 0.267. The van der Waals surface area contributed by atoms with Gasteiger partial charge in [-0.3, -0.25) is 0 Å². The summed E-state index contributed by atoms with van der Waals surface area (Å²) in [6, 6.07) is 27.4. The first-order valence-electron chi connectivity index (χ1n) is 12.4. The maximum absolute atomic E-state index is 9.26. The van der Waals surface area contributed by atoms with Crippen LogP contribution in [0.25, 0.3) is 0 Å². The Morgan fingerprint density at radius 3 is 2.22 bits per heavy atom. The van der Waals surface area contributed by atoms with Gasteiger partial charge in [0.1, 0.15) is 24.5 Å². The second kappa shape index (κ2) is 9.73. The molecule has 0 aromatic heterocycles. The Bertz CT molecular complexity index is 1370. The van der Waals surface area contributed by atoms with Gasteiger partial charge in [0.2, 0.25) is 0 Å². The fourth-order valence-electron chi connectivity index (χ4n) is 5.24. The lowest BCUT2D eigenvalue weighted by molar-refractivity contribution is 0.285. The Labute approximate surface area is 224 Å². The Balaban J connectivity index is 1.50. The van der Waals surface area contributed by atoms with Gasteiger partial charge in [-0.25, -0.2) is 0 Å². The molecular formula is C30H30ClN3O2Si. The molecule has 1 fully saturated rings. The summed E-state index contributed by atoms with van der Waals surface area (Å²) in [5.74, 6) is 0.939. The zero-order chi connectivity index (χ0) is 26.2. The number of nitrogens with zero attached hydrogens (tertiary/aromatic N) is 3. The molecule has 0 spiro atoms. The molecule has 0 aliphatic carbocycles. The molecule has 188 valence electrons. The van der Waals surface area contributed by atoms with Crippen molar-refractivity contribution in [1.29, 1.82) is 5.26 Å². The van der Waals surface area contributed by atoms with Gasteiger partial charge < -0.3 is 14.1 Å². The zero-order valence-corrected chi connectivity index (χ0v) is 23.3. The predicted molar refractivity (Wildman–Crippen MR) is 151 cm³/mol. The molecular weight excluding hydrogens is 498 g/mol. The fourth-order valence-corrected chi connectivity index (χ4v) is 9.95. The normalized spacial score (nSPS) is 18.3. The van der Waals surface area contributed by atoms with Gasteiger partial charge in [0.15, 0.2) is 0 Å². The van der Waals surface area contributed by atoms with E-state index >= 15 is 0 Å². The van der Waals surface area contributed by atoms with Crippen molar-refractivity contribution in [1.82, 2.24) is 4.90 Å². The molecule has 0 amide bonds. The lowest BCUT2D eigenvalue weighted by atomic mass is 10.1. The van der Waals surface area contributed by atoms with E-state index in [1.54, 1.807) is 6.07 Å². The maximum atomic E-state index is 9.26. The molecule has 37 heavy (non-hydrogen) atoms. The highest BCUT2D eigenvalue weighted by Crippen LogP contribution is 2.40. The summed E-state index contributed by atoms with van der Waals surface area (Å²) in [4.78, 5) is 6.92. The number of hydrogen-bond donors (Lipinski definition) is 0. The number of fused-ring (bicyclic) bond motifs is 1. The summed E-state index contributed by atoms with van der Waals surface area (Å²) in [7, 11) is -2.74. The van der Waals surface area contributed by atoms with Crippen LogP contribution in [0, 0.1) is 18.3 Å². The van der Waals surface area contributed by atoms with Crippen molar-refractivity contribution in [2.24, 2.45) is 4.99 Å². The zero-order valence-electron chi connectivity index (χ0n) is 21.5. The first-order valence-corrected chi connectivity index (χ1v) is 14.7. The Hall–Kier alpha value is -3.53. The number of benzene rings is 3. The molecule has 5 rings (SSSR count). The molecule has 1 saturated heterocycles. The smallest absolute Gasteiger partial charge is 0.319 e. The van der Waals surface area contributed by atoms with Crippen LogP contribution in [0.2, 0.25) is 10.1 Å². The number of amidine groups is 1. The maximum Gasteiger partial charge on any atom is 0.319 e. The minimum Gasteiger partial charge on any atom is -0.535 e. The van der Waals surface area contributed by atoms with E-state index in [9.17, 15) is 5.26 Å². The quantitative estimate of drug-likeness (QED) is 0.400. The van der Waals surface area contributed by atoms with Crippen LogP contribution < -0.4 is 10.4 Å². The summed E-state index contributed by atoms with van der Waals surface area (Å²) < 4.78 is 13.4. The van der Waals surface area contributed by atoms with Crippen LogP contribution >= 0.6 is 11.6 Å². The number of halogens is 1. The summed E-state index contributed by atoms with van der Waals surface area (Å²) in [6.07, 6.45) is 2.17. The minimum atomic E-state index is -2.74. The van der Waals surface area contributed by atoms with Gasteiger partial charge in [-0.15, -0.1) is 0 Å². The number of rotatable bonds is 5. The van der Waals surface area contributed by atoms with E-state index in [1.807, 2.05) is 13.0 Å². The van der Waals surface area contributed by atoms with E-state index in [1.165, 1.54) is 10.4 Å². The van der Waals surface area contributed by atoms with Gasteiger partial charge in [0, 0.05) is 6.54 Å². The van der Waals surface area contributed by atoms with E-state index in [4.69, 9.17) is 25.8 Å². The summed E-state index contributed by atoms with van der Waals surface area (Å²) in [5.41, 5.74) is 1.90. The van der Waals surface area contributed by atoms with Crippen LogP contribution in [0.15, 0.2) is 89.6 Å². The van der Waals surface area contributed by atoms with E-state index < -0.39 is 8.32 Å². The molecule has 3 aromatic rings. The molecule has 0 N–H and O–H groups in total. The van der Waals surface area contributed by atoms with E-state index in [2.05, 4.69) is 98.5 Å². The molecule has 7 heteroatoms. The topological polar surface area (TPSA) is 57.9 Å². The van der Waals surface area contributed by atoms with Gasteiger partial charge >= 0.3 is 8.32 Å². The van der Waals surface area contributed by atoms with E-state index in [-0.39, 0.29) is 11.1 Å². The largest absolute Gasteiger partial charge is 0.535 e. The highest BCUT2D eigenvalue weighted by molar-refractivity contribution is 6.99. The lowest BCUT2D eigenvalue weighted by Gasteiger charge is -2.43. The van der Waals surface area contributed by atoms with Crippen LogP contribution in [0.1, 0.15) is 31.9 Å². The minimum absolute atomic E-state index is 0.0467.